The first kappa shape index (κ1) is 17.2. The first-order valence-corrected chi connectivity index (χ1v) is 8.10. The average molecular weight is 314 g/mol. The zero-order valence-electron chi connectivity index (χ0n) is 14.2. The van der Waals surface area contributed by atoms with Crippen LogP contribution in [0.25, 0.3) is 11.4 Å². The second-order valence-corrected chi connectivity index (χ2v) is 5.88. The van der Waals surface area contributed by atoms with Crippen LogP contribution in [-0.4, -0.2) is 36.8 Å². The summed E-state index contributed by atoms with van der Waals surface area (Å²) in [5.41, 5.74) is 1.01. The highest BCUT2D eigenvalue weighted by Crippen LogP contribution is 2.20. The Hall–Kier alpha value is -2.14. The fraction of sp³-hybridized carbons (Fsp3) is 0.444. The fourth-order valence-corrected chi connectivity index (χ4v) is 2.09. The molecule has 1 heterocycles. The van der Waals surface area contributed by atoms with Crippen molar-refractivity contribution in [3.8, 4) is 11.4 Å². The van der Waals surface area contributed by atoms with Gasteiger partial charge in [-0.25, -0.2) is 9.97 Å². The highest BCUT2D eigenvalue weighted by atomic mass is 16.5. The first-order valence-electron chi connectivity index (χ1n) is 8.10. The Morgan fingerprint density at radius 2 is 1.74 bits per heavy atom. The van der Waals surface area contributed by atoms with Crippen molar-refractivity contribution in [1.29, 1.82) is 0 Å². The highest BCUT2D eigenvalue weighted by Gasteiger charge is 2.07. The number of rotatable bonds is 9. The van der Waals surface area contributed by atoms with Crippen molar-refractivity contribution >= 4 is 11.6 Å². The summed E-state index contributed by atoms with van der Waals surface area (Å²) >= 11 is 0. The van der Waals surface area contributed by atoms with Crippen LogP contribution in [0, 0.1) is 5.92 Å². The summed E-state index contributed by atoms with van der Waals surface area (Å²) in [6.45, 7) is 6.80. The maximum Gasteiger partial charge on any atom is 0.163 e. The Kier molecular flexibility index (Phi) is 6.81. The zero-order valence-corrected chi connectivity index (χ0v) is 14.2. The second kappa shape index (κ2) is 9.10. The van der Waals surface area contributed by atoms with Gasteiger partial charge in [-0.05, 0) is 12.3 Å². The second-order valence-electron chi connectivity index (χ2n) is 5.88. The van der Waals surface area contributed by atoms with Crippen LogP contribution in [0.1, 0.15) is 20.3 Å². The van der Waals surface area contributed by atoms with Crippen molar-refractivity contribution in [1.82, 2.24) is 9.97 Å². The molecular weight excluding hydrogens is 288 g/mol. The van der Waals surface area contributed by atoms with Gasteiger partial charge in [0, 0.05) is 38.4 Å². The Labute approximate surface area is 138 Å². The van der Waals surface area contributed by atoms with Gasteiger partial charge in [0.1, 0.15) is 11.6 Å². The van der Waals surface area contributed by atoms with E-state index < -0.39 is 0 Å². The monoisotopic (exact) mass is 314 g/mol. The number of ether oxygens (including phenoxy) is 1. The molecule has 0 unspecified atom stereocenters. The van der Waals surface area contributed by atoms with E-state index in [0.29, 0.717) is 5.92 Å². The van der Waals surface area contributed by atoms with Crippen molar-refractivity contribution in [3.05, 3.63) is 36.4 Å². The van der Waals surface area contributed by atoms with Crippen molar-refractivity contribution in [2.75, 3.05) is 37.4 Å². The third kappa shape index (κ3) is 5.87. The lowest BCUT2D eigenvalue weighted by Gasteiger charge is -2.12. The van der Waals surface area contributed by atoms with E-state index in [1.165, 1.54) is 0 Å². The van der Waals surface area contributed by atoms with E-state index in [9.17, 15) is 0 Å². The molecule has 5 heteroatoms. The SMILES string of the molecule is COCCCNc1cc(NCC(C)C)nc(-c2ccccc2)n1. The minimum atomic E-state index is 0.559. The van der Waals surface area contributed by atoms with E-state index in [2.05, 4.69) is 34.4 Å². The predicted octanol–water partition coefficient (Wildman–Crippen LogP) is 3.66. The Morgan fingerprint density at radius 1 is 1.04 bits per heavy atom. The summed E-state index contributed by atoms with van der Waals surface area (Å²) < 4.78 is 5.08. The van der Waals surface area contributed by atoms with Gasteiger partial charge in [0.25, 0.3) is 0 Å². The van der Waals surface area contributed by atoms with E-state index in [0.717, 1.165) is 49.1 Å². The molecule has 23 heavy (non-hydrogen) atoms. The number of benzene rings is 1. The van der Waals surface area contributed by atoms with Crippen LogP contribution in [0.5, 0.6) is 0 Å². The summed E-state index contributed by atoms with van der Waals surface area (Å²) in [6, 6.07) is 12.0. The van der Waals surface area contributed by atoms with Gasteiger partial charge in [0.15, 0.2) is 5.82 Å². The van der Waals surface area contributed by atoms with Gasteiger partial charge in [0.2, 0.25) is 0 Å². The molecule has 0 aliphatic carbocycles. The minimum Gasteiger partial charge on any atom is -0.385 e. The zero-order chi connectivity index (χ0) is 16.5. The number of anilines is 2. The lowest BCUT2D eigenvalue weighted by atomic mass is 10.2. The Bertz CT molecular complexity index is 587. The molecular formula is C18H26N4O. The largest absolute Gasteiger partial charge is 0.385 e. The molecule has 5 nitrogen and oxygen atoms in total. The number of hydrogen-bond donors (Lipinski definition) is 2. The third-order valence-electron chi connectivity index (χ3n) is 3.28. The molecule has 0 spiro atoms. The average Bonchev–Trinajstić information content (AvgIpc) is 2.57. The van der Waals surface area contributed by atoms with Crippen LogP contribution in [0.4, 0.5) is 11.6 Å². The van der Waals surface area contributed by atoms with Gasteiger partial charge < -0.3 is 15.4 Å². The normalized spacial score (nSPS) is 10.8. The Balaban J connectivity index is 2.17. The number of hydrogen-bond acceptors (Lipinski definition) is 5. The fourth-order valence-electron chi connectivity index (χ4n) is 2.09. The smallest absolute Gasteiger partial charge is 0.163 e. The minimum absolute atomic E-state index is 0.559. The van der Waals surface area contributed by atoms with E-state index in [4.69, 9.17) is 4.74 Å². The molecule has 0 saturated carbocycles. The maximum absolute atomic E-state index is 5.08. The van der Waals surface area contributed by atoms with Crippen LogP contribution in [-0.2, 0) is 4.74 Å². The van der Waals surface area contributed by atoms with E-state index >= 15 is 0 Å². The maximum atomic E-state index is 5.08. The molecule has 2 aromatic rings. The molecule has 0 radical (unpaired) electrons. The van der Waals surface area contributed by atoms with Crippen LogP contribution >= 0.6 is 0 Å². The molecule has 0 aliphatic heterocycles. The number of methoxy groups -OCH3 is 1. The summed E-state index contributed by atoms with van der Waals surface area (Å²) in [5, 5.41) is 6.73. The lowest BCUT2D eigenvalue weighted by molar-refractivity contribution is 0.198. The van der Waals surface area contributed by atoms with Crippen LogP contribution in [0.2, 0.25) is 0 Å². The number of nitrogens with zero attached hydrogens (tertiary/aromatic N) is 2. The molecule has 0 atom stereocenters. The van der Waals surface area contributed by atoms with Crippen LogP contribution in [0.15, 0.2) is 36.4 Å². The quantitative estimate of drug-likeness (QED) is 0.692. The molecule has 0 saturated heterocycles. The topological polar surface area (TPSA) is 59.1 Å². The number of nitrogens with one attached hydrogen (secondary N) is 2. The van der Waals surface area contributed by atoms with Crippen LogP contribution in [0.3, 0.4) is 0 Å². The first-order chi connectivity index (χ1) is 11.2. The van der Waals surface area contributed by atoms with Gasteiger partial charge in [-0.1, -0.05) is 44.2 Å². The summed E-state index contributed by atoms with van der Waals surface area (Å²) in [4.78, 5) is 9.26. The molecule has 124 valence electrons. The highest BCUT2D eigenvalue weighted by molar-refractivity contribution is 5.61. The lowest BCUT2D eigenvalue weighted by Crippen LogP contribution is -2.12. The molecule has 2 N–H and O–H groups in total. The summed E-state index contributed by atoms with van der Waals surface area (Å²) in [5.74, 6) is 2.97. The van der Waals surface area contributed by atoms with Crippen molar-refractivity contribution in [3.63, 3.8) is 0 Å². The van der Waals surface area contributed by atoms with Gasteiger partial charge in [-0.3, -0.25) is 0 Å². The van der Waals surface area contributed by atoms with Gasteiger partial charge in [-0.2, -0.15) is 0 Å². The third-order valence-corrected chi connectivity index (χ3v) is 3.28. The van der Waals surface area contributed by atoms with Gasteiger partial charge in [-0.15, -0.1) is 0 Å². The molecule has 1 aromatic heterocycles. The molecule has 0 amide bonds. The van der Waals surface area contributed by atoms with E-state index in [1.807, 2.05) is 36.4 Å². The predicted molar refractivity (Wildman–Crippen MR) is 95.8 cm³/mol. The summed E-state index contributed by atoms with van der Waals surface area (Å²) in [6.07, 6.45) is 0.940. The van der Waals surface area contributed by atoms with E-state index in [1.54, 1.807) is 7.11 Å². The molecule has 0 aliphatic rings. The molecule has 0 bridgehead atoms. The number of aromatic nitrogens is 2. The molecule has 2 rings (SSSR count). The van der Waals surface area contributed by atoms with Crippen molar-refractivity contribution in [2.24, 2.45) is 5.92 Å². The van der Waals surface area contributed by atoms with Gasteiger partial charge in [0.05, 0.1) is 0 Å². The Morgan fingerprint density at radius 3 is 2.39 bits per heavy atom. The summed E-state index contributed by atoms with van der Waals surface area (Å²) in [7, 11) is 1.71. The molecule has 1 aromatic carbocycles. The molecule has 0 fully saturated rings. The van der Waals surface area contributed by atoms with E-state index in [-0.39, 0.29) is 0 Å². The van der Waals surface area contributed by atoms with Crippen molar-refractivity contribution in [2.45, 2.75) is 20.3 Å². The van der Waals surface area contributed by atoms with Crippen molar-refractivity contribution < 1.29 is 4.74 Å². The van der Waals surface area contributed by atoms with Crippen LogP contribution < -0.4 is 10.6 Å². The van der Waals surface area contributed by atoms with Gasteiger partial charge >= 0.3 is 0 Å². The standard InChI is InChI=1S/C18H26N4O/c1-14(2)13-20-17-12-16(19-10-7-11-23-3)21-18(22-17)15-8-5-4-6-9-15/h4-6,8-9,12,14H,7,10-11,13H2,1-3H3,(H2,19,20,21,22).